The van der Waals surface area contributed by atoms with Crippen LogP contribution in [0.4, 0.5) is 0 Å². The Morgan fingerprint density at radius 3 is 2.69 bits per heavy atom. The van der Waals surface area contributed by atoms with E-state index in [0.29, 0.717) is 0 Å². The van der Waals surface area contributed by atoms with Crippen molar-refractivity contribution in [1.29, 1.82) is 0 Å². The van der Waals surface area contributed by atoms with Crippen LogP contribution in [0, 0.1) is 0 Å². The van der Waals surface area contributed by atoms with Gasteiger partial charge in [-0.2, -0.15) is 0 Å². The Morgan fingerprint density at radius 1 is 1.31 bits per heavy atom. The summed E-state index contributed by atoms with van der Waals surface area (Å²) in [6.45, 7) is 2.89. The molecule has 0 aromatic heterocycles. The van der Waals surface area contributed by atoms with E-state index in [1.807, 2.05) is 0 Å². The summed E-state index contributed by atoms with van der Waals surface area (Å²) >= 11 is 0. The third-order valence-corrected chi connectivity index (χ3v) is 1.81. The zero-order valence-corrected chi connectivity index (χ0v) is 8.27. The third-order valence-electron chi connectivity index (χ3n) is 1.81. The number of unbranched alkanes of at least 4 members (excludes halogenated alkanes) is 3. The molecule has 1 radical (unpaired) electrons. The lowest BCUT2D eigenvalue weighted by Crippen LogP contribution is -2.24. The molecule has 0 aliphatic rings. The number of nitrogens with one attached hydrogen (secondary N) is 1. The Bertz CT molecular complexity index is 146. The van der Waals surface area contributed by atoms with Gasteiger partial charge in [0, 0.05) is 19.4 Å². The number of carbonyl (C=O) groups excluding carboxylic acids is 2. The predicted octanol–water partition coefficient (Wildman–Crippen LogP) is 1.57. The van der Waals surface area contributed by atoms with Crippen LogP contribution >= 0.6 is 0 Å². The highest BCUT2D eigenvalue weighted by atomic mass is 16.1. The summed E-state index contributed by atoms with van der Waals surface area (Å²) in [5, 5.41) is 2.76. The molecular formula is C10H18NO2. The summed E-state index contributed by atoms with van der Waals surface area (Å²) in [7, 11) is 0. The molecule has 1 N–H and O–H groups in total. The van der Waals surface area contributed by atoms with Gasteiger partial charge in [-0.3, -0.25) is 9.59 Å². The van der Waals surface area contributed by atoms with Gasteiger partial charge in [-0.15, -0.1) is 0 Å². The van der Waals surface area contributed by atoms with Crippen LogP contribution in [0.3, 0.4) is 0 Å². The molecule has 3 heteroatoms. The number of amides is 1. The number of rotatable bonds is 8. The second kappa shape index (κ2) is 9.23. The van der Waals surface area contributed by atoms with Crippen LogP contribution in [-0.2, 0) is 9.59 Å². The molecule has 0 unspecified atom stereocenters. The minimum atomic E-state index is -0.0418. The maximum Gasteiger partial charge on any atom is 0.220 e. The number of hydrogen-bond acceptors (Lipinski definition) is 2. The fourth-order valence-electron chi connectivity index (χ4n) is 1.03. The zero-order valence-electron chi connectivity index (χ0n) is 8.27. The molecule has 13 heavy (non-hydrogen) atoms. The second-order valence-electron chi connectivity index (χ2n) is 3.05. The average molecular weight is 184 g/mol. The van der Waals surface area contributed by atoms with Crippen molar-refractivity contribution in [1.82, 2.24) is 5.32 Å². The molecule has 75 valence electrons. The SMILES string of the molecule is CCCCCCNC(=O)CC[C]=O. The van der Waals surface area contributed by atoms with Crippen molar-refractivity contribution in [3.63, 3.8) is 0 Å². The highest BCUT2D eigenvalue weighted by molar-refractivity contribution is 5.78. The fraction of sp³-hybridized carbons (Fsp3) is 0.800. The average Bonchev–Trinajstić information content (AvgIpc) is 2.14. The maximum atomic E-state index is 10.9. The summed E-state index contributed by atoms with van der Waals surface area (Å²) in [5.41, 5.74) is 0. The summed E-state index contributed by atoms with van der Waals surface area (Å²) in [4.78, 5) is 20.8. The van der Waals surface area contributed by atoms with E-state index in [-0.39, 0.29) is 18.7 Å². The summed E-state index contributed by atoms with van der Waals surface area (Å²) < 4.78 is 0. The highest BCUT2D eigenvalue weighted by Gasteiger charge is 1.98. The Labute approximate surface area is 79.9 Å². The van der Waals surface area contributed by atoms with E-state index in [4.69, 9.17) is 0 Å². The van der Waals surface area contributed by atoms with Gasteiger partial charge < -0.3 is 5.32 Å². The number of carbonyl (C=O) groups is 1. The Morgan fingerprint density at radius 2 is 2.08 bits per heavy atom. The molecule has 0 aromatic carbocycles. The van der Waals surface area contributed by atoms with Gasteiger partial charge in [0.25, 0.3) is 0 Å². The normalized spacial score (nSPS) is 9.62. The standard InChI is InChI=1S/C10H18NO2/c1-2-3-4-5-8-11-10(13)7-6-9-12/h2-8H2,1H3,(H,11,13). The van der Waals surface area contributed by atoms with Crippen LogP contribution in [0.15, 0.2) is 0 Å². The molecule has 0 bridgehead atoms. The van der Waals surface area contributed by atoms with Gasteiger partial charge in [-0.05, 0) is 6.42 Å². The van der Waals surface area contributed by atoms with Crippen molar-refractivity contribution in [2.75, 3.05) is 6.54 Å². The summed E-state index contributed by atoms with van der Waals surface area (Å²) in [6, 6.07) is 0. The molecule has 3 nitrogen and oxygen atoms in total. The lowest BCUT2D eigenvalue weighted by atomic mass is 10.2. The summed E-state index contributed by atoms with van der Waals surface area (Å²) in [5.74, 6) is -0.0418. The minimum absolute atomic E-state index is 0.0418. The Balaban J connectivity index is 3.12. The Hall–Kier alpha value is -0.860. The zero-order chi connectivity index (χ0) is 9.94. The van der Waals surface area contributed by atoms with E-state index in [1.54, 1.807) is 6.29 Å². The van der Waals surface area contributed by atoms with E-state index in [2.05, 4.69) is 12.2 Å². The first kappa shape index (κ1) is 12.1. The lowest BCUT2D eigenvalue weighted by Gasteiger charge is -2.02. The quantitative estimate of drug-likeness (QED) is 0.582. The van der Waals surface area contributed by atoms with Crippen molar-refractivity contribution in [2.45, 2.75) is 45.4 Å². The molecule has 0 saturated heterocycles. The Kier molecular flexibility index (Phi) is 8.62. The van der Waals surface area contributed by atoms with Gasteiger partial charge in [0.2, 0.25) is 5.91 Å². The van der Waals surface area contributed by atoms with Gasteiger partial charge in [-0.25, -0.2) is 0 Å². The number of hydrogen-bond donors (Lipinski definition) is 1. The van der Waals surface area contributed by atoms with Crippen LogP contribution in [-0.4, -0.2) is 18.7 Å². The molecule has 0 aliphatic heterocycles. The van der Waals surface area contributed by atoms with Gasteiger partial charge in [-0.1, -0.05) is 26.2 Å². The van der Waals surface area contributed by atoms with Gasteiger partial charge in [0.1, 0.15) is 0 Å². The molecule has 0 saturated carbocycles. The largest absolute Gasteiger partial charge is 0.356 e. The van der Waals surface area contributed by atoms with Crippen molar-refractivity contribution in [3.05, 3.63) is 0 Å². The van der Waals surface area contributed by atoms with Crippen LogP contribution < -0.4 is 5.32 Å². The molecule has 0 atom stereocenters. The molecule has 0 heterocycles. The van der Waals surface area contributed by atoms with Crippen LogP contribution in [0.2, 0.25) is 0 Å². The summed E-state index contributed by atoms with van der Waals surface area (Å²) in [6.07, 6.45) is 6.80. The second-order valence-corrected chi connectivity index (χ2v) is 3.05. The molecule has 0 rings (SSSR count). The lowest BCUT2D eigenvalue weighted by molar-refractivity contribution is -0.120. The monoisotopic (exact) mass is 184 g/mol. The van der Waals surface area contributed by atoms with Crippen molar-refractivity contribution in [3.8, 4) is 0 Å². The van der Waals surface area contributed by atoms with Crippen LogP contribution in [0.1, 0.15) is 45.4 Å². The van der Waals surface area contributed by atoms with E-state index in [1.165, 1.54) is 12.8 Å². The van der Waals surface area contributed by atoms with Gasteiger partial charge >= 0.3 is 0 Å². The van der Waals surface area contributed by atoms with Crippen molar-refractivity contribution in [2.24, 2.45) is 0 Å². The van der Waals surface area contributed by atoms with Crippen molar-refractivity contribution < 1.29 is 9.59 Å². The molecular weight excluding hydrogens is 166 g/mol. The van der Waals surface area contributed by atoms with E-state index >= 15 is 0 Å². The molecule has 1 amide bonds. The molecule has 0 fully saturated rings. The van der Waals surface area contributed by atoms with Crippen LogP contribution in [0.25, 0.3) is 0 Å². The third kappa shape index (κ3) is 9.05. The van der Waals surface area contributed by atoms with Crippen LogP contribution in [0.5, 0.6) is 0 Å². The van der Waals surface area contributed by atoms with Gasteiger partial charge in [0.15, 0.2) is 6.29 Å². The molecule has 0 aliphatic carbocycles. The smallest absolute Gasteiger partial charge is 0.220 e. The fourth-order valence-corrected chi connectivity index (χ4v) is 1.03. The molecule has 0 aromatic rings. The maximum absolute atomic E-state index is 10.9. The van der Waals surface area contributed by atoms with Gasteiger partial charge in [0.05, 0.1) is 0 Å². The predicted molar refractivity (Wildman–Crippen MR) is 52.1 cm³/mol. The topological polar surface area (TPSA) is 46.2 Å². The van der Waals surface area contributed by atoms with E-state index in [0.717, 1.165) is 19.4 Å². The van der Waals surface area contributed by atoms with E-state index in [9.17, 15) is 9.59 Å². The first-order valence-electron chi connectivity index (χ1n) is 4.93. The molecule has 0 spiro atoms. The van der Waals surface area contributed by atoms with E-state index < -0.39 is 0 Å². The van der Waals surface area contributed by atoms with Crippen molar-refractivity contribution >= 4 is 12.2 Å². The minimum Gasteiger partial charge on any atom is -0.356 e. The first-order valence-corrected chi connectivity index (χ1v) is 4.93. The highest BCUT2D eigenvalue weighted by Crippen LogP contribution is 1.97. The first-order chi connectivity index (χ1) is 6.31.